The van der Waals surface area contributed by atoms with E-state index in [-0.39, 0.29) is 0 Å². The van der Waals surface area contributed by atoms with Crippen molar-refractivity contribution in [2.24, 2.45) is 0 Å². The fourth-order valence-corrected chi connectivity index (χ4v) is 1.54. The highest BCUT2D eigenvalue weighted by Crippen LogP contribution is 2.13. The summed E-state index contributed by atoms with van der Waals surface area (Å²) in [5.41, 5.74) is 0.870. The Labute approximate surface area is 89.3 Å². The SMILES string of the molecule is CCC#Cc1c2ccccc2cc[n+]1N. The monoisotopic (exact) mass is 197 g/mol. The maximum atomic E-state index is 5.84. The molecule has 0 bridgehead atoms. The van der Waals surface area contributed by atoms with E-state index >= 15 is 0 Å². The average Bonchev–Trinajstić information content (AvgIpc) is 2.28. The molecular formula is C13H13N2+. The van der Waals surface area contributed by atoms with E-state index in [4.69, 9.17) is 5.84 Å². The number of aromatic nitrogens is 1. The number of pyridine rings is 1. The van der Waals surface area contributed by atoms with Crippen molar-refractivity contribution in [1.29, 1.82) is 0 Å². The van der Waals surface area contributed by atoms with Crippen LogP contribution in [0.5, 0.6) is 0 Å². The van der Waals surface area contributed by atoms with Crippen LogP contribution in [0.3, 0.4) is 0 Å². The molecule has 2 rings (SSSR count). The molecule has 0 aliphatic carbocycles. The van der Waals surface area contributed by atoms with Crippen LogP contribution in [-0.4, -0.2) is 0 Å². The maximum absolute atomic E-state index is 5.84. The van der Waals surface area contributed by atoms with Crippen LogP contribution in [0.2, 0.25) is 0 Å². The molecule has 0 saturated heterocycles. The zero-order valence-corrected chi connectivity index (χ0v) is 8.70. The fourth-order valence-electron chi connectivity index (χ4n) is 1.54. The summed E-state index contributed by atoms with van der Waals surface area (Å²) in [7, 11) is 0. The molecule has 0 saturated carbocycles. The van der Waals surface area contributed by atoms with Gasteiger partial charge in [-0.15, -0.1) is 0 Å². The van der Waals surface area contributed by atoms with E-state index < -0.39 is 0 Å². The quantitative estimate of drug-likeness (QED) is 0.388. The minimum Gasteiger partial charge on any atom is -0.204 e. The molecule has 2 heteroatoms. The minimum atomic E-state index is 0.837. The summed E-state index contributed by atoms with van der Waals surface area (Å²) in [5.74, 6) is 12.0. The molecule has 0 spiro atoms. The molecule has 2 aromatic rings. The number of hydrogen-bond acceptors (Lipinski definition) is 1. The second-order valence-electron chi connectivity index (χ2n) is 3.31. The van der Waals surface area contributed by atoms with Gasteiger partial charge in [0.2, 0.25) is 6.20 Å². The lowest BCUT2D eigenvalue weighted by atomic mass is 10.1. The third-order valence-corrected chi connectivity index (χ3v) is 2.27. The first kappa shape index (κ1) is 9.54. The van der Waals surface area contributed by atoms with Crippen molar-refractivity contribution in [2.75, 3.05) is 5.84 Å². The highest BCUT2D eigenvalue weighted by atomic mass is 15.3. The second kappa shape index (κ2) is 4.02. The Morgan fingerprint density at radius 2 is 2.07 bits per heavy atom. The summed E-state index contributed by atoms with van der Waals surface area (Å²) in [6.45, 7) is 2.03. The third-order valence-electron chi connectivity index (χ3n) is 2.27. The van der Waals surface area contributed by atoms with Crippen LogP contribution in [0, 0.1) is 11.8 Å². The number of rotatable bonds is 0. The number of nitrogens with two attached hydrogens (primary N) is 1. The summed E-state index contributed by atoms with van der Waals surface area (Å²) < 4.78 is 1.57. The Kier molecular flexibility index (Phi) is 2.55. The van der Waals surface area contributed by atoms with Gasteiger partial charge in [-0.25, -0.2) is 5.84 Å². The predicted molar refractivity (Wildman–Crippen MR) is 61.5 cm³/mol. The zero-order chi connectivity index (χ0) is 10.7. The minimum absolute atomic E-state index is 0.837. The molecule has 0 unspecified atom stereocenters. The number of benzene rings is 1. The first-order valence-corrected chi connectivity index (χ1v) is 5.00. The van der Waals surface area contributed by atoms with Crippen LogP contribution in [0.15, 0.2) is 36.5 Å². The van der Waals surface area contributed by atoms with Gasteiger partial charge in [-0.2, -0.15) is 0 Å². The molecule has 2 nitrogen and oxygen atoms in total. The van der Waals surface area contributed by atoms with Gasteiger partial charge in [0.15, 0.2) is 0 Å². The molecule has 15 heavy (non-hydrogen) atoms. The zero-order valence-electron chi connectivity index (χ0n) is 8.70. The lowest BCUT2D eigenvalue weighted by molar-refractivity contribution is -0.640. The number of nitrogen functional groups attached to an aromatic ring is 1. The van der Waals surface area contributed by atoms with Crippen molar-refractivity contribution in [1.82, 2.24) is 0 Å². The van der Waals surface area contributed by atoms with Crippen LogP contribution in [0.4, 0.5) is 0 Å². The van der Waals surface area contributed by atoms with Crippen molar-refractivity contribution in [3.8, 4) is 11.8 Å². The topological polar surface area (TPSA) is 29.9 Å². The molecule has 1 aromatic heterocycles. The molecule has 0 atom stereocenters. The Balaban J connectivity index is 2.74. The summed E-state index contributed by atoms with van der Waals surface area (Å²) in [6, 6.07) is 10.1. The highest BCUT2D eigenvalue weighted by molar-refractivity contribution is 5.85. The molecule has 0 aliphatic heterocycles. The van der Waals surface area contributed by atoms with Gasteiger partial charge in [0.1, 0.15) is 0 Å². The van der Waals surface area contributed by atoms with E-state index in [2.05, 4.69) is 17.9 Å². The van der Waals surface area contributed by atoms with Gasteiger partial charge in [-0.1, -0.05) is 35.7 Å². The van der Waals surface area contributed by atoms with Crippen molar-refractivity contribution in [3.63, 3.8) is 0 Å². The highest BCUT2D eigenvalue weighted by Gasteiger charge is 2.09. The predicted octanol–water partition coefficient (Wildman–Crippen LogP) is 1.60. The summed E-state index contributed by atoms with van der Waals surface area (Å²) in [5, 5.41) is 2.27. The lowest BCUT2D eigenvalue weighted by Crippen LogP contribution is -2.47. The molecule has 2 N–H and O–H groups in total. The van der Waals surface area contributed by atoms with E-state index in [0.29, 0.717) is 0 Å². The molecule has 1 aromatic carbocycles. The molecule has 0 radical (unpaired) electrons. The van der Waals surface area contributed by atoms with Gasteiger partial charge in [0.05, 0.1) is 5.39 Å². The fraction of sp³-hybridized carbons (Fsp3) is 0.154. The number of fused-ring (bicyclic) bond motifs is 1. The number of nitrogens with zero attached hydrogens (tertiary/aromatic N) is 1. The van der Waals surface area contributed by atoms with Crippen LogP contribution in [-0.2, 0) is 0 Å². The first-order chi connectivity index (χ1) is 7.33. The standard InChI is InChI=1S/C13H13N2/c1-2-3-8-13-12-7-5-4-6-11(12)9-10-15(13)14/h4-7,9-10H,2,14H2,1H3/q+1. The average molecular weight is 197 g/mol. The number of hydrogen-bond donors (Lipinski definition) is 1. The Hall–Kier alpha value is -2.01. The van der Waals surface area contributed by atoms with Crippen LogP contribution in [0.25, 0.3) is 10.8 Å². The van der Waals surface area contributed by atoms with Crippen molar-refractivity contribution >= 4 is 10.8 Å². The molecule has 74 valence electrons. The van der Waals surface area contributed by atoms with E-state index in [0.717, 1.165) is 17.5 Å². The van der Waals surface area contributed by atoms with E-state index in [1.165, 1.54) is 5.39 Å². The normalized spacial score (nSPS) is 9.67. The van der Waals surface area contributed by atoms with E-state index in [1.807, 2.05) is 37.4 Å². The van der Waals surface area contributed by atoms with E-state index in [1.54, 1.807) is 4.68 Å². The molecule has 0 amide bonds. The largest absolute Gasteiger partial charge is 0.293 e. The van der Waals surface area contributed by atoms with Crippen molar-refractivity contribution in [3.05, 3.63) is 42.2 Å². The summed E-state index contributed by atoms with van der Waals surface area (Å²) in [4.78, 5) is 0. The molecule has 0 fully saturated rings. The lowest BCUT2D eigenvalue weighted by Gasteiger charge is -1.97. The maximum Gasteiger partial charge on any atom is 0.293 e. The Bertz CT molecular complexity index is 547. The van der Waals surface area contributed by atoms with Gasteiger partial charge in [-0.3, -0.25) is 0 Å². The molecular weight excluding hydrogens is 184 g/mol. The third kappa shape index (κ3) is 1.77. The molecule has 0 aliphatic rings. The van der Waals surface area contributed by atoms with Gasteiger partial charge in [0.25, 0.3) is 5.69 Å². The Morgan fingerprint density at radius 1 is 1.27 bits per heavy atom. The summed E-state index contributed by atoms with van der Waals surface area (Å²) >= 11 is 0. The smallest absolute Gasteiger partial charge is 0.204 e. The van der Waals surface area contributed by atoms with Crippen LogP contribution >= 0.6 is 0 Å². The summed E-state index contributed by atoms with van der Waals surface area (Å²) in [6.07, 6.45) is 2.67. The van der Waals surface area contributed by atoms with Crippen molar-refractivity contribution < 1.29 is 4.68 Å². The van der Waals surface area contributed by atoms with Gasteiger partial charge >= 0.3 is 0 Å². The first-order valence-electron chi connectivity index (χ1n) is 5.00. The Morgan fingerprint density at radius 3 is 2.87 bits per heavy atom. The van der Waals surface area contributed by atoms with E-state index in [9.17, 15) is 0 Å². The molecule has 1 heterocycles. The van der Waals surface area contributed by atoms with Crippen LogP contribution < -0.4 is 10.5 Å². The van der Waals surface area contributed by atoms with Gasteiger partial charge in [0, 0.05) is 18.4 Å². The van der Waals surface area contributed by atoms with Gasteiger partial charge < -0.3 is 0 Å². The second-order valence-corrected chi connectivity index (χ2v) is 3.31. The van der Waals surface area contributed by atoms with Crippen molar-refractivity contribution in [2.45, 2.75) is 13.3 Å². The van der Waals surface area contributed by atoms with Gasteiger partial charge in [-0.05, 0) is 11.5 Å². The van der Waals surface area contributed by atoms with Crippen LogP contribution in [0.1, 0.15) is 19.0 Å².